The van der Waals surface area contributed by atoms with E-state index in [-0.39, 0.29) is 10.8 Å². The lowest BCUT2D eigenvalue weighted by Crippen LogP contribution is -2.17. The third-order valence-corrected chi connectivity index (χ3v) is 19.6. The lowest BCUT2D eigenvalue weighted by Gasteiger charge is -2.31. The van der Waals surface area contributed by atoms with Gasteiger partial charge in [0.2, 0.25) is 0 Å². The molecule has 0 saturated carbocycles. The van der Waals surface area contributed by atoms with Crippen molar-refractivity contribution in [1.82, 2.24) is 0 Å². The molecule has 0 saturated heterocycles. The minimum Gasteiger partial charge on any atom is -0.310 e. The van der Waals surface area contributed by atoms with Gasteiger partial charge in [0.25, 0.3) is 0 Å². The van der Waals surface area contributed by atoms with Gasteiger partial charge in [0.1, 0.15) is 0 Å². The summed E-state index contributed by atoms with van der Waals surface area (Å²) in [4.78, 5) is 5.03. The van der Waals surface area contributed by atoms with E-state index in [4.69, 9.17) is 0 Å². The van der Waals surface area contributed by atoms with Gasteiger partial charge in [0.15, 0.2) is 0 Å². The van der Waals surface area contributed by atoms with E-state index in [1.807, 2.05) is 0 Å². The van der Waals surface area contributed by atoms with Gasteiger partial charge in [-0.2, -0.15) is 0 Å². The maximum absolute atomic E-state index is 2.52. The molecule has 0 fully saturated rings. The molecule has 0 amide bonds. The lowest BCUT2D eigenvalue weighted by atomic mass is 9.81. The average molecular weight is 1080 g/mol. The molecule has 2 nitrogen and oxygen atoms in total. The van der Waals surface area contributed by atoms with E-state index in [2.05, 4.69) is 308 Å². The standard InChI is InChI=1S/C82H66N2/c1-49(2)51-31-35-53(36-32-51)83(55-39-41-65-73-45-69-61-23-13-9-19-57(61)59-21-11-15-25-63(59)71(69)47-77(73)81(5,6)75(65)43-55)79-29-17-28-68-67(79)27-18-30-80(68)84(54-37-33-52(34-38-54)50(3)4)56-40-42-66-74-46-70-62-24-14-10-20-58(62)60-22-12-16-26-64(60)72(70)48-78(74)82(7,8)76(66)44-56/h9-50H,1-8H3. The zero-order chi connectivity index (χ0) is 56.9. The predicted molar refractivity (Wildman–Crippen MR) is 362 cm³/mol. The van der Waals surface area contributed by atoms with Crippen LogP contribution in [0.2, 0.25) is 0 Å². The molecule has 0 spiro atoms. The fraction of sp³-hybridized carbons (Fsp3) is 0.146. The number of rotatable bonds is 8. The molecule has 0 radical (unpaired) electrons. The molecule has 0 bridgehead atoms. The highest BCUT2D eigenvalue weighted by molar-refractivity contribution is 6.27. The van der Waals surface area contributed by atoms with Crippen molar-refractivity contribution in [2.24, 2.45) is 0 Å². The van der Waals surface area contributed by atoms with Crippen LogP contribution in [0.5, 0.6) is 0 Å². The molecule has 0 N–H and O–H groups in total. The highest BCUT2D eigenvalue weighted by atomic mass is 15.2. The first-order valence-electron chi connectivity index (χ1n) is 30.2. The Balaban J connectivity index is 0.866. The Bertz CT molecular complexity index is 4750. The summed E-state index contributed by atoms with van der Waals surface area (Å²) < 4.78 is 0. The summed E-state index contributed by atoms with van der Waals surface area (Å²) in [5.41, 5.74) is 19.7. The van der Waals surface area contributed by atoms with E-state index in [0.717, 1.165) is 34.1 Å². The maximum Gasteiger partial charge on any atom is 0.0540 e. The van der Waals surface area contributed by atoms with E-state index in [1.165, 1.54) is 131 Å². The third kappa shape index (κ3) is 7.35. The van der Waals surface area contributed by atoms with Crippen LogP contribution in [0.15, 0.2) is 243 Å². The average Bonchev–Trinajstić information content (AvgIpc) is 2.54. The molecule has 0 atom stereocenters. The van der Waals surface area contributed by atoms with Crippen molar-refractivity contribution in [1.29, 1.82) is 0 Å². The molecule has 16 rings (SSSR count). The smallest absolute Gasteiger partial charge is 0.0540 e. The fourth-order valence-electron chi connectivity index (χ4n) is 15.1. The molecule has 0 unspecified atom stereocenters. The van der Waals surface area contributed by atoms with Crippen LogP contribution in [0.4, 0.5) is 34.1 Å². The van der Waals surface area contributed by atoms with Crippen LogP contribution < -0.4 is 9.80 Å². The summed E-state index contributed by atoms with van der Waals surface area (Å²) in [6.07, 6.45) is 0. The summed E-state index contributed by atoms with van der Waals surface area (Å²) in [5.74, 6) is 0.827. The zero-order valence-corrected chi connectivity index (χ0v) is 49.1. The molecule has 2 heteroatoms. The predicted octanol–water partition coefficient (Wildman–Crippen LogP) is 23.6. The summed E-state index contributed by atoms with van der Waals surface area (Å²) in [5, 5.41) is 18.0. The minimum absolute atomic E-state index is 0.256. The summed E-state index contributed by atoms with van der Waals surface area (Å²) in [6, 6.07) is 92.8. The van der Waals surface area contributed by atoms with Gasteiger partial charge in [0, 0.05) is 44.4 Å². The van der Waals surface area contributed by atoms with Gasteiger partial charge < -0.3 is 9.80 Å². The zero-order valence-electron chi connectivity index (χ0n) is 49.1. The molecule has 0 heterocycles. The summed E-state index contributed by atoms with van der Waals surface area (Å²) in [6.45, 7) is 18.8. The number of anilines is 6. The van der Waals surface area contributed by atoms with Crippen molar-refractivity contribution in [3.8, 4) is 22.3 Å². The van der Waals surface area contributed by atoms with Crippen molar-refractivity contribution in [2.75, 3.05) is 9.80 Å². The van der Waals surface area contributed by atoms with E-state index < -0.39 is 0 Å². The molecule has 14 aromatic rings. The first kappa shape index (κ1) is 50.2. The van der Waals surface area contributed by atoms with E-state index in [1.54, 1.807) is 0 Å². The molecule has 2 aliphatic rings. The monoisotopic (exact) mass is 1080 g/mol. The van der Waals surface area contributed by atoms with Crippen LogP contribution in [-0.2, 0) is 10.8 Å². The van der Waals surface area contributed by atoms with Crippen LogP contribution in [0.1, 0.15) is 101 Å². The van der Waals surface area contributed by atoms with Gasteiger partial charge in [-0.25, -0.2) is 0 Å². The van der Waals surface area contributed by atoms with Crippen molar-refractivity contribution < 1.29 is 0 Å². The minimum atomic E-state index is -0.256. The van der Waals surface area contributed by atoms with E-state index in [0.29, 0.717) is 11.8 Å². The Hall–Kier alpha value is -9.50. The van der Waals surface area contributed by atoms with Crippen LogP contribution in [0.25, 0.3) is 97.7 Å². The Labute approximate surface area is 492 Å². The molecule has 14 aromatic carbocycles. The lowest BCUT2D eigenvalue weighted by molar-refractivity contribution is 0.661. The second-order valence-electron chi connectivity index (χ2n) is 25.6. The Kier molecular flexibility index (Phi) is 11.1. The molecule has 404 valence electrons. The molecule has 0 aromatic heterocycles. The van der Waals surface area contributed by atoms with Crippen molar-refractivity contribution in [2.45, 2.75) is 78.1 Å². The number of hydrogen-bond acceptors (Lipinski definition) is 2. The quantitative estimate of drug-likeness (QED) is 0.140. The molecule has 0 aliphatic heterocycles. The van der Waals surface area contributed by atoms with Crippen molar-refractivity contribution >= 4 is 110 Å². The van der Waals surface area contributed by atoms with E-state index >= 15 is 0 Å². The SMILES string of the molecule is CC(C)c1ccc(N(c2ccc3c(c2)C(C)(C)c2cc4c5ccccc5c5ccccc5c4cc2-3)c2cccc3c(N(c4ccc(C(C)C)cc4)c4ccc5c(c4)C(C)(C)c4cc6c7ccccc7c7ccccc7c6cc4-5)cccc23)cc1. The number of hydrogen-bond donors (Lipinski definition) is 0. The van der Waals surface area contributed by atoms with Gasteiger partial charge >= 0.3 is 0 Å². The number of benzene rings is 14. The summed E-state index contributed by atoms with van der Waals surface area (Å²) >= 11 is 0. The number of fused-ring (bicyclic) bond motifs is 19. The first-order valence-corrected chi connectivity index (χ1v) is 30.2. The van der Waals surface area contributed by atoms with Crippen LogP contribution in [0, 0.1) is 0 Å². The number of nitrogens with zero attached hydrogens (tertiary/aromatic N) is 2. The van der Waals surface area contributed by atoms with E-state index in [9.17, 15) is 0 Å². The van der Waals surface area contributed by atoms with Gasteiger partial charge in [-0.15, -0.1) is 0 Å². The topological polar surface area (TPSA) is 6.48 Å². The van der Waals surface area contributed by atoms with Crippen molar-refractivity contribution in [3.05, 3.63) is 276 Å². The molecular formula is C82H66N2. The van der Waals surface area contributed by atoms with Crippen LogP contribution in [0.3, 0.4) is 0 Å². The first-order chi connectivity index (χ1) is 40.8. The third-order valence-electron chi connectivity index (χ3n) is 19.6. The van der Waals surface area contributed by atoms with Gasteiger partial charge in [0.05, 0.1) is 11.4 Å². The van der Waals surface area contributed by atoms with Gasteiger partial charge in [-0.1, -0.05) is 213 Å². The Morgan fingerprint density at radius 3 is 0.833 bits per heavy atom. The molecular weight excluding hydrogens is 1010 g/mol. The second-order valence-corrected chi connectivity index (χ2v) is 25.6. The Morgan fingerprint density at radius 1 is 0.238 bits per heavy atom. The normalized spacial score (nSPS) is 13.9. The fourth-order valence-corrected chi connectivity index (χ4v) is 15.1. The summed E-state index contributed by atoms with van der Waals surface area (Å²) in [7, 11) is 0. The Morgan fingerprint density at radius 2 is 0.512 bits per heavy atom. The maximum atomic E-state index is 2.52. The molecule has 84 heavy (non-hydrogen) atoms. The van der Waals surface area contributed by atoms with Gasteiger partial charge in [-0.05, 0) is 217 Å². The second kappa shape index (κ2) is 18.5. The van der Waals surface area contributed by atoms with Crippen LogP contribution in [-0.4, -0.2) is 0 Å². The highest BCUT2D eigenvalue weighted by Gasteiger charge is 2.39. The van der Waals surface area contributed by atoms with Crippen LogP contribution >= 0.6 is 0 Å². The highest BCUT2D eigenvalue weighted by Crippen LogP contribution is 2.56. The van der Waals surface area contributed by atoms with Crippen molar-refractivity contribution in [3.63, 3.8) is 0 Å². The van der Waals surface area contributed by atoms with Gasteiger partial charge in [-0.3, -0.25) is 0 Å². The largest absolute Gasteiger partial charge is 0.310 e. The molecule has 2 aliphatic carbocycles.